The average molecular weight is 304 g/mol. The van der Waals surface area contributed by atoms with Crippen LogP contribution >= 0.6 is 0 Å². The van der Waals surface area contributed by atoms with E-state index in [1.165, 1.54) is 0 Å². The normalized spacial score (nSPS) is 30.2. The summed E-state index contributed by atoms with van der Waals surface area (Å²) in [5.41, 5.74) is 0. The van der Waals surface area contributed by atoms with Gasteiger partial charge in [-0.05, 0) is 57.4 Å². The van der Waals surface area contributed by atoms with Crippen molar-refractivity contribution in [3.05, 3.63) is 23.6 Å². The Hall–Kier alpha value is -0.810. The second kappa shape index (κ2) is 7.99. The molecule has 0 unspecified atom stereocenters. The van der Waals surface area contributed by atoms with Crippen molar-refractivity contribution in [2.45, 2.75) is 51.7 Å². The molecule has 0 atom stereocenters. The van der Waals surface area contributed by atoms with Crippen LogP contribution < -0.4 is 0 Å². The first-order valence-electron chi connectivity index (χ1n) is 7.69. The lowest BCUT2D eigenvalue weighted by Gasteiger charge is -2.35. The van der Waals surface area contributed by atoms with Crippen LogP contribution in [0.25, 0.3) is 0 Å². The topological polar surface area (TPSA) is 18.5 Å². The molecule has 2 nitrogen and oxygen atoms in total. The van der Waals surface area contributed by atoms with Crippen molar-refractivity contribution in [2.24, 2.45) is 11.8 Å². The molecule has 1 saturated heterocycles. The molecule has 0 spiro atoms. The first-order valence-corrected chi connectivity index (χ1v) is 7.69. The SMILES string of the molecule is C/C(F)=C(F)\C(F)=C/CC1CCC(C2OCCCO2)CC1. The quantitative estimate of drug-likeness (QED) is 0.683. The summed E-state index contributed by atoms with van der Waals surface area (Å²) in [4.78, 5) is 0. The lowest BCUT2D eigenvalue weighted by molar-refractivity contribution is -0.210. The van der Waals surface area contributed by atoms with Crippen LogP contribution in [0.1, 0.15) is 45.4 Å². The van der Waals surface area contributed by atoms with Crippen LogP contribution in [0, 0.1) is 11.8 Å². The predicted octanol–water partition coefficient (Wildman–Crippen LogP) is 4.97. The molecule has 120 valence electrons. The number of hydrogen-bond donors (Lipinski definition) is 0. The first kappa shape index (κ1) is 16.6. The largest absolute Gasteiger partial charge is 0.352 e. The fourth-order valence-electron chi connectivity index (χ4n) is 3.00. The lowest BCUT2D eigenvalue weighted by atomic mass is 9.80. The Labute approximate surface area is 124 Å². The number of ether oxygens (including phenoxy) is 2. The van der Waals surface area contributed by atoms with Gasteiger partial charge in [-0.15, -0.1) is 0 Å². The van der Waals surface area contributed by atoms with Gasteiger partial charge >= 0.3 is 0 Å². The highest BCUT2D eigenvalue weighted by atomic mass is 19.2. The molecule has 0 aromatic rings. The zero-order chi connectivity index (χ0) is 15.2. The molecule has 1 saturated carbocycles. The Balaban J connectivity index is 1.76. The van der Waals surface area contributed by atoms with E-state index in [-0.39, 0.29) is 6.29 Å². The van der Waals surface area contributed by atoms with Crippen molar-refractivity contribution in [3.8, 4) is 0 Å². The number of halogens is 3. The maximum atomic E-state index is 13.3. The molecule has 2 rings (SSSR count). The summed E-state index contributed by atoms with van der Waals surface area (Å²) < 4.78 is 50.1. The third-order valence-corrected chi connectivity index (χ3v) is 4.27. The maximum absolute atomic E-state index is 13.3. The van der Waals surface area contributed by atoms with E-state index in [0.29, 0.717) is 18.3 Å². The minimum Gasteiger partial charge on any atom is -0.352 e. The second-order valence-corrected chi connectivity index (χ2v) is 5.88. The van der Waals surface area contributed by atoms with Crippen molar-refractivity contribution >= 4 is 0 Å². The van der Waals surface area contributed by atoms with Gasteiger partial charge in [-0.3, -0.25) is 0 Å². The van der Waals surface area contributed by atoms with E-state index in [1.54, 1.807) is 0 Å². The highest BCUT2D eigenvalue weighted by Gasteiger charge is 2.29. The third kappa shape index (κ3) is 4.85. The Morgan fingerprint density at radius 3 is 2.24 bits per heavy atom. The molecule has 0 bridgehead atoms. The van der Waals surface area contributed by atoms with Crippen LogP contribution in [0.2, 0.25) is 0 Å². The Morgan fingerprint density at radius 2 is 1.67 bits per heavy atom. The lowest BCUT2D eigenvalue weighted by Crippen LogP contribution is -2.34. The summed E-state index contributed by atoms with van der Waals surface area (Å²) in [6.45, 7) is 2.43. The van der Waals surface area contributed by atoms with Crippen molar-refractivity contribution in [1.82, 2.24) is 0 Å². The van der Waals surface area contributed by atoms with Gasteiger partial charge in [-0.2, -0.15) is 0 Å². The zero-order valence-corrected chi connectivity index (χ0v) is 12.4. The van der Waals surface area contributed by atoms with Gasteiger partial charge in [0.25, 0.3) is 0 Å². The summed E-state index contributed by atoms with van der Waals surface area (Å²) >= 11 is 0. The van der Waals surface area contributed by atoms with Gasteiger partial charge in [-0.25, -0.2) is 13.2 Å². The van der Waals surface area contributed by atoms with E-state index in [2.05, 4.69) is 0 Å². The molecule has 0 aromatic heterocycles. The zero-order valence-electron chi connectivity index (χ0n) is 12.4. The Bertz CT molecular complexity index is 388. The molecule has 1 aliphatic heterocycles. The molecule has 1 aliphatic carbocycles. The number of rotatable bonds is 4. The van der Waals surface area contributed by atoms with Crippen LogP contribution in [-0.4, -0.2) is 19.5 Å². The van der Waals surface area contributed by atoms with Crippen LogP contribution in [-0.2, 0) is 9.47 Å². The van der Waals surface area contributed by atoms with Gasteiger partial charge < -0.3 is 9.47 Å². The van der Waals surface area contributed by atoms with Crippen LogP contribution in [0.4, 0.5) is 13.2 Å². The van der Waals surface area contributed by atoms with E-state index in [1.807, 2.05) is 0 Å². The van der Waals surface area contributed by atoms with Crippen molar-refractivity contribution in [1.29, 1.82) is 0 Å². The van der Waals surface area contributed by atoms with Crippen LogP contribution in [0.15, 0.2) is 23.6 Å². The highest BCUT2D eigenvalue weighted by molar-refractivity contribution is 5.20. The molecule has 21 heavy (non-hydrogen) atoms. The van der Waals surface area contributed by atoms with Gasteiger partial charge in [-0.1, -0.05) is 0 Å². The predicted molar refractivity (Wildman–Crippen MR) is 74.5 cm³/mol. The van der Waals surface area contributed by atoms with Crippen LogP contribution in [0.3, 0.4) is 0 Å². The molecule has 5 heteroatoms. The molecule has 1 heterocycles. The average Bonchev–Trinajstić information content (AvgIpc) is 2.53. The summed E-state index contributed by atoms with van der Waals surface area (Å²) in [6, 6.07) is 0. The molecule has 2 fully saturated rings. The van der Waals surface area contributed by atoms with Gasteiger partial charge in [0.15, 0.2) is 17.9 Å². The maximum Gasteiger partial charge on any atom is 0.189 e. The van der Waals surface area contributed by atoms with E-state index in [4.69, 9.17) is 9.47 Å². The minimum atomic E-state index is -1.38. The smallest absolute Gasteiger partial charge is 0.189 e. The van der Waals surface area contributed by atoms with E-state index >= 15 is 0 Å². The molecule has 0 amide bonds. The fraction of sp³-hybridized carbons (Fsp3) is 0.750. The van der Waals surface area contributed by atoms with Crippen molar-refractivity contribution in [2.75, 3.05) is 13.2 Å². The van der Waals surface area contributed by atoms with Crippen LogP contribution in [0.5, 0.6) is 0 Å². The summed E-state index contributed by atoms with van der Waals surface area (Å²) in [7, 11) is 0. The Morgan fingerprint density at radius 1 is 1.05 bits per heavy atom. The van der Waals surface area contributed by atoms with E-state index in [0.717, 1.165) is 58.3 Å². The van der Waals surface area contributed by atoms with Crippen molar-refractivity contribution in [3.63, 3.8) is 0 Å². The Kier molecular flexibility index (Phi) is 6.30. The van der Waals surface area contributed by atoms with E-state index < -0.39 is 17.5 Å². The van der Waals surface area contributed by atoms with Gasteiger partial charge in [0.1, 0.15) is 5.83 Å². The molecule has 0 aromatic carbocycles. The number of allylic oxidation sites excluding steroid dienone is 4. The van der Waals surface area contributed by atoms with Gasteiger partial charge in [0.05, 0.1) is 13.2 Å². The van der Waals surface area contributed by atoms with E-state index in [9.17, 15) is 13.2 Å². The first-order chi connectivity index (χ1) is 10.1. The molecular formula is C16H23F3O2. The highest BCUT2D eigenvalue weighted by Crippen LogP contribution is 2.35. The molecule has 0 radical (unpaired) electrons. The van der Waals surface area contributed by atoms with Gasteiger partial charge in [0, 0.05) is 5.92 Å². The third-order valence-electron chi connectivity index (χ3n) is 4.27. The van der Waals surface area contributed by atoms with Gasteiger partial charge in [0.2, 0.25) is 0 Å². The molecular weight excluding hydrogens is 281 g/mol. The fourth-order valence-corrected chi connectivity index (χ4v) is 3.00. The second-order valence-electron chi connectivity index (χ2n) is 5.88. The summed E-state index contributed by atoms with van der Waals surface area (Å²) in [5, 5.41) is 0. The minimum absolute atomic E-state index is 0.0958. The number of hydrogen-bond acceptors (Lipinski definition) is 2. The molecule has 0 N–H and O–H groups in total. The van der Waals surface area contributed by atoms with Crippen molar-refractivity contribution < 1.29 is 22.6 Å². The standard InChI is InChI=1S/C16H23F3O2/c1-11(17)15(19)14(18)8-5-12-3-6-13(7-4-12)16-20-9-2-10-21-16/h8,12-13,16H,2-7,9-10H2,1H3/b14-8+,15-11-. The summed E-state index contributed by atoms with van der Waals surface area (Å²) in [6.07, 6.45) is 6.30. The monoisotopic (exact) mass is 304 g/mol. The summed E-state index contributed by atoms with van der Waals surface area (Å²) in [5.74, 6) is -2.86. The molecule has 2 aliphatic rings.